The molecule has 4 rings (SSSR count). The van der Waals surface area contributed by atoms with Crippen molar-refractivity contribution in [1.29, 1.82) is 0 Å². The van der Waals surface area contributed by atoms with E-state index >= 15 is 0 Å². The van der Waals surface area contributed by atoms with Gasteiger partial charge in [-0.2, -0.15) is 0 Å². The summed E-state index contributed by atoms with van der Waals surface area (Å²) in [5.74, 6) is 0.119. The van der Waals surface area contributed by atoms with Crippen molar-refractivity contribution in [3.05, 3.63) is 52.8 Å². The molecule has 8 heteroatoms. The summed E-state index contributed by atoms with van der Waals surface area (Å²) >= 11 is 2.75. The van der Waals surface area contributed by atoms with Crippen molar-refractivity contribution in [3.63, 3.8) is 0 Å². The molecule has 4 aromatic rings. The number of para-hydroxylation sites is 1. The molecule has 1 amide bonds. The molecule has 0 atom stereocenters. The van der Waals surface area contributed by atoms with E-state index in [4.69, 9.17) is 0 Å². The van der Waals surface area contributed by atoms with Gasteiger partial charge in [0.25, 0.3) is 0 Å². The van der Waals surface area contributed by atoms with Gasteiger partial charge in [-0.15, -0.1) is 11.3 Å². The van der Waals surface area contributed by atoms with Crippen LogP contribution in [0.2, 0.25) is 0 Å². The van der Waals surface area contributed by atoms with E-state index in [-0.39, 0.29) is 11.7 Å². The first-order valence-electron chi connectivity index (χ1n) is 8.78. The molecule has 28 heavy (non-hydrogen) atoms. The monoisotopic (exact) mass is 409 g/mol. The van der Waals surface area contributed by atoms with Gasteiger partial charge < -0.3 is 10.3 Å². The second-order valence-corrected chi connectivity index (χ2v) is 8.28. The number of hydrogen-bond acceptors (Lipinski definition) is 6. The SMILES string of the molecule is Cc1cc(C)nc(SCC(=O)Nc2nc(-c3c(C)[nH]c4ccccc34)cs2)n1. The number of carbonyl (C=O) groups is 1. The van der Waals surface area contributed by atoms with Gasteiger partial charge >= 0.3 is 0 Å². The molecule has 0 aliphatic rings. The quantitative estimate of drug-likeness (QED) is 0.367. The highest BCUT2D eigenvalue weighted by Gasteiger charge is 2.15. The van der Waals surface area contributed by atoms with Crippen LogP contribution in [0, 0.1) is 20.8 Å². The van der Waals surface area contributed by atoms with Gasteiger partial charge in [0.2, 0.25) is 5.91 Å². The molecule has 142 valence electrons. The Labute approximate surface area is 170 Å². The van der Waals surface area contributed by atoms with E-state index in [0.717, 1.165) is 39.2 Å². The summed E-state index contributed by atoms with van der Waals surface area (Å²) in [6.07, 6.45) is 0. The standard InChI is InChI=1S/C20H19N5OS2/c1-11-8-12(2)22-19(21-11)28-10-17(26)25-20-24-16(9-27-20)18-13(3)23-15-7-5-4-6-14(15)18/h4-9,23H,10H2,1-3H3,(H,24,25,26). The molecule has 0 bridgehead atoms. The Hall–Kier alpha value is -2.71. The summed E-state index contributed by atoms with van der Waals surface area (Å²) in [6.45, 7) is 5.87. The highest BCUT2D eigenvalue weighted by atomic mass is 32.2. The van der Waals surface area contributed by atoms with Crippen molar-refractivity contribution >= 4 is 45.0 Å². The summed E-state index contributed by atoms with van der Waals surface area (Å²) in [5.41, 5.74) is 5.87. The number of carbonyl (C=O) groups excluding carboxylic acids is 1. The lowest BCUT2D eigenvalue weighted by atomic mass is 10.1. The molecule has 3 aromatic heterocycles. The Morgan fingerprint density at radius 1 is 1.14 bits per heavy atom. The molecular formula is C20H19N5OS2. The Balaban J connectivity index is 1.46. The average molecular weight is 410 g/mol. The first-order chi connectivity index (χ1) is 13.5. The van der Waals surface area contributed by atoms with E-state index in [9.17, 15) is 4.79 Å². The van der Waals surface area contributed by atoms with Gasteiger partial charge in [-0.25, -0.2) is 15.0 Å². The van der Waals surface area contributed by atoms with Crippen molar-refractivity contribution in [2.24, 2.45) is 0 Å². The fourth-order valence-electron chi connectivity index (χ4n) is 3.10. The minimum Gasteiger partial charge on any atom is -0.358 e. The summed E-state index contributed by atoms with van der Waals surface area (Å²) in [4.78, 5) is 29.0. The van der Waals surface area contributed by atoms with Crippen molar-refractivity contribution in [2.45, 2.75) is 25.9 Å². The minimum atomic E-state index is -0.121. The van der Waals surface area contributed by atoms with Crippen LogP contribution in [0.5, 0.6) is 0 Å². The van der Waals surface area contributed by atoms with Crippen LogP contribution in [0.15, 0.2) is 40.9 Å². The fraction of sp³-hybridized carbons (Fsp3) is 0.200. The smallest absolute Gasteiger partial charge is 0.236 e. The van der Waals surface area contributed by atoms with Gasteiger partial charge in [-0.05, 0) is 32.9 Å². The lowest BCUT2D eigenvalue weighted by Crippen LogP contribution is -2.14. The molecule has 3 heterocycles. The fourth-order valence-corrected chi connectivity index (χ4v) is 4.56. The molecule has 0 saturated heterocycles. The molecule has 0 saturated carbocycles. The number of benzene rings is 1. The van der Waals surface area contributed by atoms with E-state index < -0.39 is 0 Å². The molecule has 0 aliphatic carbocycles. The Morgan fingerprint density at radius 2 is 1.89 bits per heavy atom. The van der Waals surface area contributed by atoms with Crippen LogP contribution in [0.3, 0.4) is 0 Å². The second-order valence-electron chi connectivity index (χ2n) is 6.48. The second kappa shape index (κ2) is 7.73. The van der Waals surface area contributed by atoms with E-state index in [0.29, 0.717) is 10.3 Å². The first-order valence-corrected chi connectivity index (χ1v) is 10.6. The van der Waals surface area contributed by atoms with Crippen LogP contribution in [-0.2, 0) is 4.79 Å². The van der Waals surface area contributed by atoms with E-state index in [1.54, 1.807) is 0 Å². The molecule has 0 unspecified atom stereocenters. The molecule has 0 radical (unpaired) electrons. The number of anilines is 1. The maximum Gasteiger partial charge on any atom is 0.236 e. The molecule has 6 nitrogen and oxygen atoms in total. The molecular weight excluding hydrogens is 390 g/mol. The van der Waals surface area contributed by atoms with Gasteiger partial charge in [-0.3, -0.25) is 4.79 Å². The molecule has 1 aromatic carbocycles. The largest absolute Gasteiger partial charge is 0.358 e. The molecule has 0 fully saturated rings. The predicted molar refractivity (Wildman–Crippen MR) is 115 cm³/mol. The number of thioether (sulfide) groups is 1. The van der Waals surface area contributed by atoms with Crippen molar-refractivity contribution in [3.8, 4) is 11.3 Å². The number of nitrogens with one attached hydrogen (secondary N) is 2. The maximum absolute atomic E-state index is 12.3. The van der Waals surface area contributed by atoms with Crippen LogP contribution >= 0.6 is 23.1 Å². The molecule has 2 N–H and O–H groups in total. The normalized spacial score (nSPS) is 11.1. The zero-order chi connectivity index (χ0) is 19.7. The Bertz CT molecular complexity index is 1140. The number of H-pyrrole nitrogens is 1. The number of aromatic nitrogens is 4. The first kappa shape index (κ1) is 18.6. The predicted octanol–water partition coefficient (Wildman–Crippen LogP) is 4.74. The van der Waals surface area contributed by atoms with Gasteiger partial charge in [0.1, 0.15) is 0 Å². The van der Waals surface area contributed by atoms with Crippen molar-refractivity contribution < 1.29 is 4.79 Å². The summed E-state index contributed by atoms with van der Waals surface area (Å²) in [5, 5.41) is 7.18. The van der Waals surface area contributed by atoms with E-state index in [1.807, 2.05) is 50.4 Å². The van der Waals surface area contributed by atoms with Crippen molar-refractivity contribution in [1.82, 2.24) is 19.9 Å². The highest BCUT2D eigenvalue weighted by Crippen LogP contribution is 2.33. The minimum absolute atomic E-state index is 0.121. The van der Waals surface area contributed by atoms with Crippen LogP contribution in [-0.4, -0.2) is 31.6 Å². The van der Waals surface area contributed by atoms with Crippen LogP contribution in [0.1, 0.15) is 17.1 Å². The van der Waals surface area contributed by atoms with Crippen molar-refractivity contribution in [2.75, 3.05) is 11.1 Å². The summed E-state index contributed by atoms with van der Waals surface area (Å²) in [7, 11) is 0. The number of nitrogens with zero attached hydrogens (tertiary/aromatic N) is 3. The number of aryl methyl sites for hydroxylation is 3. The third-order valence-electron chi connectivity index (χ3n) is 4.19. The number of aromatic amines is 1. The lowest BCUT2D eigenvalue weighted by Gasteiger charge is -2.03. The zero-order valence-electron chi connectivity index (χ0n) is 15.7. The van der Waals surface area contributed by atoms with E-state index in [2.05, 4.69) is 31.3 Å². The Kier molecular flexibility index (Phi) is 5.15. The van der Waals surface area contributed by atoms with Gasteiger partial charge in [0.15, 0.2) is 10.3 Å². The van der Waals surface area contributed by atoms with Crippen LogP contribution in [0.4, 0.5) is 5.13 Å². The maximum atomic E-state index is 12.3. The van der Waals surface area contributed by atoms with Gasteiger partial charge in [0, 0.05) is 38.9 Å². The zero-order valence-corrected chi connectivity index (χ0v) is 17.4. The topological polar surface area (TPSA) is 83.6 Å². The highest BCUT2D eigenvalue weighted by molar-refractivity contribution is 7.99. The summed E-state index contributed by atoms with van der Waals surface area (Å²) in [6, 6.07) is 10.1. The van der Waals surface area contributed by atoms with Crippen LogP contribution < -0.4 is 5.32 Å². The average Bonchev–Trinajstić information content (AvgIpc) is 3.22. The number of fused-ring (bicyclic) bond motifs is 1. The third kappa shape index (κ3) is 3.93. The number of hydrogen-bond donors (Lipinski definition) is 2. The van der Waals surface area contributed by atoms with Crippen LogP contribution in [0.25, 0.3) is 22.2 Å². The number of rotatable bonds is 5. The lowest BCUT2D eigenvalue weighted by molar-refractivity contribution is -0.113. The molecule has 0 spiro atoms. The third-order valence-corrected chi connectivity index (χ3v) is 5.80. The molecule has 0 aliphatic heterocycles. The number of amides is 1. The van der Waals surface area contributed by atoms with Gasteiger partial charge in [-0.1, -0.05) is 30.0 Å². The Morgan fingerprint density at radius 3 is 2.68 bits per heavy atom. The van der Waals surface area contributed by atoms with Gasteiger partial charge in [0.05, 0.1) is 11.4 Å². The van der Waals surface area contributed by atoms with E-state index in [1.165, 1.54) is 23.1 Å². The number of thiazole rings is 1. The summed E-state index contributed by atoms with van der Waals surface area (Å²) < 4.78 is 0.